The van der Waals surface area contributed by atoms with E-state index in [0.717, 1.165) is 10.6 Å². The number of para-hydroxylation sites is 1. The van der Waals surface area contributed by atoms with E-state index in [0.29, 0.717) is 35.0 Å². The Balaban J connectivity index is 1.88. The predicted molar refractivity (Wildman–Crippen MR) is 123 cm³/mol. The molecule has 3 aromatic rings. The molecule has 0 atom stereocenters. The first-order valence-corrected chi connectivity index (χ1v) is 10.7. The molecule has 0 aliphatic carbocycles. The summed E-state index contributed by atoms with van der Waals surface area (Å²) < 4.78 is 10.7. The number of likely N-dealkylation sites (N-methyl/N-ethyl adjacent to an activating group) is 1. The highest BCUT2D eigenvalue weighted by atomic mass is 32.1. The van der Waals surface area contributed by atoms with Crippen LogP contribution in [-0.4, -0.2) is 32.6 Å². The number of thiophene rings is 1. The van der Waals surface area contributed by atoms with Gasteiger partial charge in [-0.05, 0) is 42.6 Å². The number of imide groups is 1. The maximum Gasteiger partial charge on any atom is 0.282 e. The van der Waals surface area contributed by atoms with Crippen LogP contribution in [0.15, 0.2) is 71.7 Å². The van der Waals surface area contributed by atoms with Gasteiger partial charge in [0.2, 0.25) is 0 Å². The minimum absolute atomic E-state index is 0.360. The van der Waals surface area contributed by atoms with E-state index in [1.165, 1.54) is 23.3 Å². The second-order valence-electron chi connectivity index (χ2n) is 6.76. The fraction of sp³-hybridized carbons (Fsp3) is 0.167. The highest BCUT2D eigenvalue weighted by Gasteiger charge is 2.44. The summed E-state index contributed by atoms with van der Waals surface area (Å²) in [4.78, 5) is 31.2. The molecule has 0 fully saturated rings. The van der Waals surface area contributed by atoms with Crippen molar-refractivity contribution >= 4 is 40.1 Å². The SMILES string of the molecule is CCN(C1=C(c2cccs2)C(=O)N(c2ccc(OC)cc2OC)C1=O)c1ccccc1. The maximum absolute atomic E-state index is 13.7. The van der Waals surface area contributed by atoms with Crippen molar-refractivity contribution in [2.45, 2.75) is 6.92 Å². The molecule has 2 heterocycles. The molecule has 0 saturated carbocycles. The van der Waals surface area contributed by atoms with Gasteiger partial charge in [-0.15, -0.1) is 11.3 Å². The highest BCUT2D eigenvalue weighted by molar-refractivity contribution is 7.11. The zero-order chi connectivity index (χ0) is 22.0. The van der Waals surface area contributed by atoms with E-state index >= 15 is 0 Å². The van der Waals surface area contributed by atoms with E-state index in [2.05, 4.69) is 0 Å². The zero-order valence-electron chi connectivity index (χ0n) is 17.5. The molecule has 0 N–H and O–H groups in total. The van der Waals surface area contributed by atoms with Crippen LogP contribution in [0.4, 0.5) is 11.4 Å². The molecule has 1 aromatic heterocycles. The quantitative estimate of drug-likeness (QED) is 0.510. The van der Waals surface area contributed by atoms with Crippen molar-refractivity contribution in [3.05, 3.63) is 76.6 Å². The summed E-state index contributed by atoms with van der Waals surface area (Å²) in [5.41, 5.74) is 1.98. The van der Waals surface area contributed by atoms with Crippen LogP contribution in [0.1, 0.15) is 11.8 Å². The molecule has 1 aliphatic rings. The fourth-order valence-corrected chi connectivity index (χ4v) is 4.44. The summed E-state index contributed by atoms with van der Waals surface area (Å²) in [5, 5.41) is 1.90. The van der Waals surface area contributed by atoms with Gasteiger partial charge >= 0.3 is 0 Å². The van der Waals surface area contributed by atoms with Crippen molar-refractivity contribution in [2.75, 3.05) is 30.6 Å². The smallest absolute Gasteiger partial charge is 0.282 e. The lowest BCUT2D eigenvalue weighted by Gasteiger charge is -2.25. The van der Waals surface area contributed by atoms with Gasteiger partial charge in [0.05, 0.1) is 25.5 Å². The Kier molecular flexibility index (Phi) is 5.77. The van der Waals surface area contributed by atoms with Gasteiger partial charge in [-0.2, -0.15) is 0 Å². The molecule has 0 radical (unpaired) electrons. The van der Waals surface area contributed by atoms with Crippen molar-refractivity contribution in [1.82, 2.24) is 0 Å². The van der Waals surface area contributed by atoms with E-state index in [1.54, 1.807) is 25.3 Å². The van der Waals surface area contributed by atoms with Crippen LogP contribution in [0.5, 0.6) is 11.5 Å². The summed E-state index contributed by atoms with van der Waals surface area (Å²) >= 11 is 1.43. The maximum atomic E-state index is 13.7. The average molecular weight is 435 g/mol. The third-order valence-corrected chi connectivity index (χ3v) is 6.00. The largest absolute Gasteiger partial charge is 0.497 e. The first-order valence-electron chi connectivity index (χ1n) is 9.82. The summed E-state index contributed by atoms with van der Waals surface area (Å²) in [6, 6.07) is 18.4. The number of ether oxygens (including phenoxy) is 2. The normalized spacial score (nSPS) is 13.7. The number of rotatable bonds is 7. The number of anilines is 2. The van der Waals surface area contributed by atoms with Crippen molar-refractivity contribution in [1.29, 1.82) is 0 Å². The van der Waals surface area contributed by atoms with Crippen molar-refractivity contribution < 1.29 is 19.1 Å². The van der Waals surface area contributed by atoms with Crippen LogP contribution in [0, 0.1) is 0 Å². The van der Waals surface area contributed by atoms with Crippen molar-refractivity contribution in [2.24, 2.45) is 0 Å². The first-order chi connectivity index (χ1) is 15.1. The zero-order valence-corrected chi connectivity index (χ0v) is 18.3. The van der Waals surface area contributed by atoms with Gasteiger partial charge in [0.1, 0.15) is 17.2 Å². The number of carbonyl (C=O) groups excluding carboxylic acids is 2. The number of methoxy groups -OCH3 is 2. The molecular formula is C24H22N2O4S. The van der Waals surface area contributed by atoms with Gasteiger partial charge in [0, 0.05) is 23.2 Å². The molecule has 4 rings (SSSR count). The lowest BCUT2D eigenvalue weighted by Crippen LogP contribution is -2.35. The van der Waals surface area contributed by atoms with Gasteiger partial charge < -0.3 is 14.4 Å². The van der Waals surface area contributed by atoms with Crippen molar-refractivity contribution in [3.63, 3.8) is 0 Å². The summed E-state index contributed by atoms with van der Waals surface area (Å²) in [5.74, 6) is 0.198. The fourth-order valence-electron chi connectivity index (χ4n) is 3.68. The number of hydrogen-bond acceptors (Lipinski definition) is 6. The third kappa shape index (κ3) is 3.57. The van der Waals surface area contributed by atoms with Crippen molar-refractivity contribution in [3.8, 4) is 11.5 Å². The molecule has 2 aromatic carbocycles. The molecule has 31 heavy (non-hydrogen) atoms. The Morgan fingerprint density at radius 1 is 0.935 bits per heavy atom. The van der Waals surface area contributed by atoms with Gasteiger partial charge in [-0.1, -0.05) is 24.3 Å². The van der Waals surface area contributed by atoms with Crippen LogP contribution >= 0.6 is 11.3 Å². The molecule has 0 unspecified atom stereocenters. The standard InChI is InChI=1S/C24H22N2O4S/c1-4-25(16-9-6-5-7-10-16)22-21(20-11-8-14-31-20)23(27)26(24(22)28)18-13-12-17(29-2)15-19(18)30-3/h5-15H,4H2,1-3H3. The molecule has 2 amide bonds. The van der Waals surface area contributed by atoms with Crippen LogP contribution in [0.3, 0.4) is 0 Å². The minimum Gasteiger partial charge on any atom is -0.497 e. The molecule has 158 valence electrons. The number of hydrogen-bond donors (Lipinski definition) is 0. The Hall–Kier alpha value is -3.58. The number of amides is 2. The van der Waals surface area contributed by atoms with Crippen LogP contribution in [0.25, 0.3) is 5.57 Å². The van der Waals surface area contributed by atoms with Gasteiger partial charge in [-0.25, -0.2) is 4.90 Å². The molecule has 1 aliphatic heterocycles. The Labute approximate surface area is 184 Å². The van der Waals surface area contributed by atoms with Crippen LogP contribution in [0.2, 0.25) is 0 Å². The Morgan fingerprint density at radius 2 is 1.71 bits per heavy atom. The topological polar surface area (TPSA) is 59.1 Å². The summed E-state index contributed by atoms with van der Waals surface area (Å²) in [6.07, 6.45) is 0. The molecular weight excluding hydrogens is 412 g/mol. The molecule has 0 spiro atoms. The molecule has 0 bridgehead atoms. The average Bonchev–Trinajstić information content (AvgIpc) is 3.41. The Morgan fingerprint density at radius 3 is 2.32 bits per heavy atom. The van der Waals surface area contributed by atoms with E-state index in [9.17, 15) is 9.59 Å². The van der Waals surface area contributed by atoms with Gasteiger partial charge in [0.25, 0.3) is 11.8 Å². The molecule has 6 nitrogen and oxygen atoms in total. The Bertz CT molecular complexity index is 1140. The van der Waals surface area contributed by atoms with Gasteiger partial charge in [-0.3, -0.25) is 9.59 Å². The predicted octanol–water partition coefficient (Wildman–Crippen LogP) is 4.58. The number of benzene rings is 2. The second-order valence-corrected chi connectivity index (χ2v) is 7.71. The van der Waals surface area contributed by atoms with E-state index in [-0.39, 0.29) is 11.8 Å². The lowest BCUT2D eigenvalue weighted by atomic mass is 10.1. The van der Waals surface area contributed by atoms with Gasteiger partial charge in [0.15, 0.2) is 0 Å². The lowest BCUT2D eigenvalue weighted by molar-refractivity contribution is -0.120. The second kappa shape index (κ2) is 8.65. The van der Waals surface area contributed by atoms with Crippen LogP contribution in [-0.2, 0) is 9.59 Å². The third-order valence-electron chi connectivity index (χ3n) is 5.11. The number of nitrogens with zero attached hydrogens (tertiary/aromatic N) is 2. The number of carbonyl (C=O) groups is 2. The molecule has 7 heteroatoms. The van der Waals surface area contributed by atoms with E-state index < -0.39 is 0 Å². The highest BCUT2D eigenvalue weighted by Crippen LogP contribution is 2.41. The summed E-state index contributed by atoms with van der Waals surface area (Å²) in [6.45, 7) is 2.49. The van der Waals surface area contributed by atoms with E-state index in [1.807, 2.05) is 59.7 Å². The monoisotopic (exact) mass is 434 g/mol. The first kappa shape index (κ1) is 20.7. The van der Waals surface area contributed by atoms with E-state index in [4.69, 9.17) is 9.47 Å². The minimum atomic E-state index is -0.387. The molecule has 0 saturated heterocycles. The summed E-state index contributed by atoms with van der Waals surface area (Å²) in [7, 11) is 3.05. The van der Waals surface area contributed by atoms with Crippen LogP contribution < -0.4 is 19.3 Å².